The lowest BCUT2D eigenvalue weighted by molar-refractivity contribution is -0.136. The fourth-order valence-electron chi connectivity index (χ4n) is 4.83. The highest BCUT2D eigenvalue weighted by Crippen LogP contribution is 2.54. The average molecular weight is 436 g/mol. The van der Waals surface area contributed by atoms with Gasteiger partial charge in [-0.2, -0.15) is 0 Å². The normalized spacial score (nSPS) is 14.9. The Morgan fingerprint density at radius 1 is 1.03 bits per heavy atom. The molecule has 4 rings (SSSR count). The standard InChI is InChI=1S/C26H26FNO2S/c1-14-9-11-18(12-10-14)23-16(3)24-25-19(7-6-8-21(25)27)17(4)28(31-5)26(24)15(2)20(23)13-22(29)30/h6-12,17H,13H2,1-5H3,(H,29,30)/t17-/m1/s1. The van der Waals surface area contributed by atoms with Gasteiger partial charge in [0.05, 0.1) is 18.2 Å². The van der Waals surface area contributed by atoms with E-state index in [1.165, 1.54) is 6.07 Å². The second kappa shape index (κ2) is 8.04. The molecule has 0 saturated carbocycles. The monoisotopic (exact) mass is 435 g/mol. The van der Waals surface area contributed by atoms with Gasteiger partial charge in [-0.05, 0) is 67.1 Å². The first-order chi connectivity index (χ1) is 14.8. The summed E-state index contributed by atoms with van der Waals surface area (Å²) >= 11 is 1.58. The molecule has 0 fully saturated rings. The van der Waals surface area contributed by atoms with Crippen LogP contribution in [0.4, 0.5) is 10.1 Å². The SMILES string of the molecule is CSN1c2c(C)c(CC(=O)O)c(-c3ccc(C)cc3)c(C)c2-c2c(F)cccc2[C@H]1C. The molecule has 0 radical (unpaired) electrons. The molecular formula is C26H26FNO2S. The predicted molar refractivity (Wildman–Crippen MR) is 127 cm³/mol. The number of anilines is 1. The van der Waals surface area contributed by atoms with Crippen LogP contribution in [0.15, 0.2) is 42.5 Å². The number of hydrogen-bond acceptors (Lipinski definition) is 3. The Labute approximate surface area is 187 Å². The summed E-state index contributed by atoms with van der Waals surface area (Å²) in [4.78, 5) is 11.8. The maximum atomic E-state index is 15.2. The van der Waals surface area contributed by atoms with Crippen molar-refractivity contribution < 1.29 is 14.3 Å². The fraction of sp³-hybridized carbons (Fsp3) is 0.269. The maximum Gasteiger partial charge on any atom is 0.307 e. The first kappa shape index (κ1) is 21.4. The molecular weight excluding hydrogens is 409 g/mol. The molecule has 5 heteroatoms. The maximum absolute atomic E-state index is 15.2. The van der Waals surface area contributed by atoms with E-state index < -0.39 is 5.97 Å². The number of carbonyl (C=O) groups is 1. The Hall–Kier alpha value is -2.79. The van der Waals surface area contributed by atoms with Crippen LogP contribution in [0, 0.1) is 26.6 Å². The molecule has 3 nitrogen and oxygen atoms in total. The smallest absolute Gasteiger partial charge is 0.307 e. The minimum absolute atomic E-state index is 0.0331. The van der Waals surface area contributed by atoms with Crippen molar-refractivity contribution in [3.05, 3.63) is 76.1 Å². The summed E-state index contributed by atoms with van der Waals surface area (Å²) in [6.07, 6.45) is 1.92. The van der Waals surface area contributed by atoms with E-state index in [0.29, 0.717) is 5.56 Å². The second-order valence-electron chi connectivity index (χ2n) is 8.15. The lowest BCUT2D eigenvalue weighted by atomic mass is 9.79. The van der Waals surface area contributed by atoms with Gasteiger partial charge in [0.25, 0.3) is 0 Å². The van der Waals surface area contributed by atoms with E-state index in [-0.39, 0.29) is 18.3 Å². The van der Waals surface area contributed by atoms with Crippen molar-refractivity contribution in [3.8, 4) is 22.3 Å². The van der Waals surface area contributed by atoms with Crippen LogP contribution in [0.3, 0.4) is 0 Å². The van der Waals surface area contributed by atoms with Gasteiger partial charge in [-0.25, -0.2) is 4.39 Å². The zero-order valence-electron chi connectivity index (χ0n) is 18.4. The quantitative estimate of drug-likeness (QED) is 0.454. The topological polar surface area (TPSA) is 40.5 Å². The van der Waals surface area contributed by atoms with Crippen molar-refractivity contribution >= 4 is 23.6 Å². The van der Waals surface area contributed by atoms with Crippen molar-refractivity contribution in [2.75, 3.05) is 10.6 Å². The molecule has 1 atom stereocenters. The first-order valence-electron chi connectivity index (χ1n) is 10.3. The number of fused-ring (bicyclic) bond motifs is 3. The van der Waals surface area contributed by atoms with Crippen molar-refractivity contribution in [1.29, 1.82) is 0 Å². The highest BCUT2D eigenvalue weighted by Gasteiger charge is 2.35. The second-order valence-corrected chi connectivity index (χ2v) is 8.91. The van der Waals surface area contributed by atoms with E-state index in [0.717, 1.165) is 50.2 Å². The fourth-order valence-corrected chi connectivity index (χ4v) is 5.67. The summed E-state index contributed by atoms with van der Waals surface area (Å²) in [5.74, 6) is -1.11. The molecule has 1 aliphatic rings. The van der Waals surface area contributed by atoms with Crippen LogP contribution in [0.5, 0.6) is 0 Å². The van der Waals surface area contributed by atoms with Gasteiger partial charge in [0, 0.05) is 17.4 Å². The molecule has 1 aliphatic heterocycles. The lowest BCUT2D eigenvalue weighted by Crippen LogP contribution is -2.26. The minimum Gasteiger partial charge on any atom is -0.481 e. The van der Waals surface area contributed by atoms with E-state index in [2.05, 4.69) is 11.2 Å². The van der Waals surface area contributed by atoms with Gasteiger partial charge in [0.2, 0.25) is 0 Å². The summed E-state index contributed by atoms with van der Waals surface area (Å²) in [5.41, 5.74) is 8.95. The molecule has 0 aromatic heterocycles. The largest absolute Gasteiger partial charge is 0.481 e. The van der Waals surface area contributed by atoms with E-state index in [1.54, 1.807) is 18.0 Å². The number of aliphatic carboxylic acids is 1. The van der Waals surface area contributed by atoms with Crippen LogP contribution in [0.25, 0.3) is 22.3 Å². The third kappa shape index (κ3) is 3.41. The van der Waals surface area contributed by atoms with Crippen LogP contribution < -0.4 is 4.31 Å². The zero-order valence-corrected chi connectivity index (χ0v) is 19.2. The first-order valence-corrected chi connectivity index (χ1v) is 11.5. The summed E-state index contributed by atoms with van der Waals surface area (Å²) < 4.78 is 17.4. The number of aryl methyl sites for hydroxylation is 1. The number of carboxylic acids is 1. The Morgan fingerprint density at radius 2 is 1.71 bits per heavy atom. The summed E-state index contributed by atoms with van der Waals surface area (Å²) in [6.45, 7) is 8.05. The van der Waals surface area contributed by atoms with Gasteiger partial charge in [-0.1, -0.05) is 53.9 Å². The summed E-state index contributed by atoms with van der Waals surface area (Å²) in [5, 5.41) is 9.70. The highest BCUT2D eigenvalue weighted by molar-refractivity contribution is 8.00. The molecule has 160 valence electrons. The van der Waals surface area contributed by atoms with Crippen LogP contribution in [-0.2, 0) is 11.2 Å². The number of carboxylic acid groups (broad SMARTS) is 1. The molecule has 0 unspecified atom stereocenters. The molecule has 1 heterocycles. The number of halogens is 1. The predicted octanol–water partition coefficient (Wildman–Crippen LogP) is 6.87. The van der Waals surface area contributed by atoms with Crippen LogP contribution in [-0.4, -0.2) is 17.3 Å². The lowest BCUT2D eigenvalue weighted by Gasteiger charge is -2.40. The molecule has 0 spiro atoms. The molecule has 0 aliphatic carbocycles. The van der Waals surface area contributed by atoms with Gasteiger partial charge in [-0.15, -0.1) is 0 Å². The van der Waals surface area contributed by atoms with Gasteiger partial charge in [0.1, 0.15) is 5.82 Å². The van der Waals surface area contributed by atoms with E-state index in [9.17, 15) is 9.90 Å². The molecule has 31 heavy (non-hydrogen) atoms. The van der Waals surface area contributed by atoms with Gasteiger partial charge < -0.3 is 9.41 Å². The number of hydrogen-bond donors (Lipinski definition) is 1. The van der Waals surface area contributed by atoms with Gasteiger partial charge in [0.15, 0.2) is 0 Å². The van der Waals surface area contributed by atoms with Crippen molar-refractivity contribution in [3.63, 3.8) is 0 Å². The van der Waals surface area contributed by atoms with E-state index in [1.807, 2.05) is 57.4 Å². The van der Waals surface area contributed by atoms with Gasteiger partial charge in [-0.3, -0.25) is 4.79 Å². The van der Waals surface area contributed by atoms with Crippen LogP contribution >= 0.6 is 11.9 Å². The van der Waals surface area contributed by atoms with Crippen molar-refractivity contribution in [2.24, 2.45) is 0 Å². The third-order valence-electron chi connectivity index (χ3n) is 6.28. The minimum atomic E-state index is -0.873. The average Bonchev–Trinajstić information content (AvgIpc) is 2.73. The Morgan fingerprint density at radius 3 is 2.32 bits per heavy atom. The van der Waals surface area contributed by atoms with Crippen molar-refractivity contribution in [2.45, 2.75) is 40.2 Å². The van der Waals surface area contributed by atoms with Crippen molar-refractivity contribution in [1.82, 2.24) is 0 Å². The zero-order chi connectivity index (χ0) is 22.4. The summed E-state index contributed by atoms with van der Waals surface area (Å²) in [7, 11) is 0. The molecule has 0 saturated heterocycles. The Bertz CT molecular complexity index is 1190. The highest BCUT2D eigenvalue weighted by atomic mass is 32.2. The molecule has 3 aromatic rings. The molecule has 0 amide bonds. The van der Waals surface area contributed by atoms with E-state index >= 15 is 4.39 Å². The summed E-state index contributed by atoms with van der Waals surface area (Å²) in [6, 6.07) is 13.3. The molecule has 1 N–H and O–H groups in total. The molecule has 3 aromatic carbocycles. The number of rotatable bonds is 4. The van der Waals surface area contributed by atoms with Crippen LogP contribution in [0.2, 0.25) is 0 Å². The van der Waals surface area contributed by atoms with Crippen LogP contribution in [0.1, 0.15) is 40.8 Å². The molecule has 0 bridgehead atoms. The third-order valence-corrected chi connectivity index (χ3v) is 7.17. The van der Waals surface area contributed by atoms with E-state index in [4.69, 9.17) is 0 Å². The number of benzene rings is 3. The van der Waals surface area contributed by atoms with Gasteiger partial charge >= 0.3 is 5.97 Å². The number of nitrogens with zero attached hydrogens (tertiary/aromatic N) is 1. The Kier molecular flexibility index (Phi) is 5.56. The Balaban J connectivity index is 2.16.